The predicted octanol–water partition coefficient (Wildman–Crippen LogP) is 3.65. The molecule has 1 aromatic rings. The lowest BCUT2D eigenvalue weighted by molar-refractivity contribution is 0.443. The van der Waals surface area contributed by atoms with Crippen LogP contribution in [0.2, 0.25) is 0 Å². The predicted molar refractivity (Wildman–Crippen MR) is 115 cm³/mol. The fraction of sp³-hybridized carbons (Fsp3) is 0.667. The molecule has 2 N–H and O–H groups in total. The van der Waals surface area contributed by atoms with Gasteiger partial charge in [-0.3, -0.25) is 4.99 Å². The van der Waals surface area contributed by atoms with E-state index in [1.165, 1.54) is 31.2 Å². The van der Waals surface area contributed by atoms with Crippen LogP contribution in [0.5, 0.6) is 0 Å². The molecular weight excluding hydrogens is 413 g/mol. The zero-order valence-electron chi connectivity index (χ0n) is 15.8. The molecule has 1 heterocycles. The second-order valence-corrected chi connectivity index (χ2v) is 6.14. The van der Waals surface area contributed by atoms with Crippen LogP contribution in [0.1, 0.15) is 45.1 Å². The highest BCUT2D eigenvalue weighted by Gasteiger charge is 2.07. The number of pyridine rings is 1. The van der Waals surface area contributed by atoms with E-state index in [0.717, 1.165) is 30.8 Å². The molecule has 0 radical (unpaired) electrons. The van der Waals surface area contributed by atoms with Gasteiger partial charge in [0.1, 0.15) is 5.82 Å². The first-order valence-corrected chi connectivity index (χ1v) is 8.67. The number of aliphatic imine (C=N–C) groups is 1. The molecule has 1 unspecified atom stereocenters. The fourth-order valence-corrected chi connectivity index (χ4v) is 2.41. The zero-order chi connectivity index (χ0) is 17.1. The molecule has 0 fully saturated rings. The molecule has 0 amide bonds. The van der Waals surface area contributed by atoms with E-state index in [-0.39, 0.29) is 24.0 Å². The number of aromatic nitrogens is 1. The van der Waals surface area contributed by atoms with Gasteiger partial charge in [-0.05, 0) is 30.0 Å². The third-order valence-corrected chi connectivity index (χ3v) is 4.05. The number of anilines is 1. The molecule has 0 saturated carbocycles. The van der Waals surface area contributed by atoms with Crippen molar-refractivity contribution in [2.75, 3.05) is 32.6 Å². The Kier molecular flexibility index (Phi) is 12.7. The summed E-state index contributed by atoms with van der Waals surface area (Å²) in [6.07, 6.45) is 6.91. The van der Waals surface area contributed by atoms with Crippen LogP contribution in [0.15, 0.2) is 23.3 Å². The van der Waals surface area contributed by atoms with Gasteiger partial charge < -0.3 is 15.5 Å². The standard InChI is InChI=1S/C18H33N5.HI/c1-6-8-9-15(7-2)13-21-18(19-3)22-14-16-10-11-20-17(12-16)23(4)5;/h10-12,15H,6-9,13-14H2,1-5H3,(H2,19,21,22);1H. The molecule has 0 aliphatic carbocycles. The first-order valence-electron chi connectivity index (χ1n) is 8.67. The summed E-state index contributed by atoms with van der Waals surface area (Å²) in [6, 6.07) is 4.12. The first kappa shape index (κ1) is 22.9. The first-order chi connectivity index (χ1) is 11.1. The number of unbranched alkanes of at least 4 members (excludes halogenated alkanes) is 1. The lowest BCUT2D eigenvalue weighted by Crippen LogP contribution is -2.39. The van der Waals surface area contributed by atoms with Crippen LogP contribution in [0.3, 0.4) is 0 Å². The van der Waals surface area contributed by atoms with Crippen LogP contribution < -0.4 is 15.5 Å². The normalized spacial score (nSPS) is 12.3. The molecule has 1 rings (SSSR count). The minimum absolute atomic E-state index is 0. The molecule has 1 aromatic heterocycles. The SMILES string of the molecule is CCCCC(CC)CNC(=NC)NCc1ccnc(N(C)C)c1.I. The van der Waals surface area contributed by atoms with Gasteiger partial charge in [0, 0.05) is 40.4 Å². The monoisotopic (exact) mass is 447 g/mol. The van der Waals surface area contributed by atoms with Gasteiger partial charge in [0.15, 0.2) is 5.96 Å². The zero-order valence-corrected chi connectivity index (χ0v) is 18.1. The van der Waals surface area contributed by atoms with Crippen molar-refractivity contribution in [2.24, 2.45) is 10.9 Å². The lowest BCUT2D eigenvalue weighted by atomic mass is 9.99. The number of hydrogen-bond donors (Lipinski definition) is 2. The third-order valence-electron chi connectivity index (χ3n) is 4.05. The van der Waals surface area contributed by atoms with E-state index in [0.29, 0.717) is 0 Å². The van der Waals surface area contributed by atoms with Crippen LogP contribution in [0.4, 0.5) is 5.82 Å². The second kappa shape index (κ2) is 13.3. The van der Waals surface area contributed by atoms with E-state index in [9.17, 15) is 0 Å². The Morgan fingerprint density at radius 2 is 2.04 bits per heavy atom. The molecule has 5 nitrogen and oxygen atoms in total. The quantitative estimate of drug-likeness (QED) is 0.345. The number of nitrogens with one attached hydrogen (secondary N) is 2. The topological polar surface area (TPSA) is 52.6 Å². The van der Waals surface area contributed by atoms with E-state index in [1.54, 1.807) is 0 Å². The van der Waals surface area contributed by atoms with Gasteiger partial charge in [0.05, 0.1) is 0 Å². The molecule has 0 aromatic carbocycles. The second-order valence-electron chi connectivity index (χ2n) is 6.14. The summed E-state index contributed by atoms with van der Waals surface area (Å²) in [5.41, 5.74) is 1.20. The van der Waals surface area contributed by atoms with Crippen molar-refractivity contribution >= 4 is 35.8 Å². The summed E-state index contributed by atoms with van der Waals surface area (Å²) in [4.78, 5) is 10.7. The number of halogens is 1. The smallest absolute Gasteiger partial charge is 0.191 e. The van der Waals surface area contributed by atoms with Crippen LogP contribution in [0.25, 0.3) is 0 Å². The molecular formula is C18H34IN5. The molecule has 6 heteroatoms. The Bertz CT molecular complexity index is 476. The summed E-state index contributed by atoms with van der Waals surface area (Å²) in [6.45, 7) is 6.24. The Labute approximate surface area is 164 Å². The maximum absolute atomic E-state index is 4.34. The molecule has 0 aliphatic rings. The van der Waals surface area contributed by atoms with Crippen molar-refractivity contribution in [3.8, 4) is 0 Å². The summed E-state index contributed by atoms with van der Waals surface area (Å²) in [7, 11) is 5.82. The average Bonchev–Trinajstić information content (AvgIpc) is 2.57. The van der Waals surface area contributed by atoms with Gasteiger partial charge in [-0.2, -0.15) is 0 Å². The lowest BCUT2D eigenvalue weighted by Gasteiger charge is -2.18. The fourth-order valence-electron chi connectivity index (χ4n) is 2.41. The molecule has 0 spiro atoms. The van der Waals surface area contributed by atoms with E-state index >= 15 is 0 Å². The summed E-state index contributed by atoms with van der Waals surface area (Å²) in [5.74, 6) is 2.55. The van der Waals surface area contributed by atoms with Gasteiger partial charge >= 0.3 is 0 Å². The molecule has 0 bridgehead atoms. The summed E-state index contributed by atoms with van der Waals surface area (Å²) >= 11 is 0. The molecule has 1 atom stereocenters. The van der Waals surface area contributed by atoms with Crippen molar-refractivity contribution < 1.29 is 0 Å². The number of hydrogen-bond acceptors (Lipinski definition) is 3. The maximum Gasteiger partial charge on any atom is 0.191 e. The highest BCUT2D eigenvalue weighted by atomic mass is 127. The molecule has 24 heavy (non-hydrogen) atoms. The Morgan fingerprint density at radius 1 is 1.29 bits per heavy atom. The van der Waals surface area contributed by atoms with E-state index in [1.807, 2.05) is 38.3 Å². The van der Waals surface area contributed by atoms with E-state index in [4.69, 9.17) is 0 Å². The number of nitrogens with zero attached hydrogens (tertiary/aromatic N) is 3. The van der Waals surface area contributed by atoms with Crippen LogP contribution in [0, 0.1) is 5.92 Å². The number of guanidine groups is 1. The van der Waals surface area contributed by atoms with Gasteiger partial charge in [0.25, 0.3) is 0 Å². The van der Waals surface area contributed by atoms with Crippen molar-refractivity contribution in [1.82, 2.24) is 15.6 Å². The van der Waals surface area contributed by atoms with Gasteiger partial charge in [-0.25, -0.2) is 4.98 Å². The highest BCUT2D eigenvalue weighted by molar-refractivity contribution is 14.0. The van der Waals surface area contributed by atoms with Crippen LogP contribution >= 0.6 is 24.0 Å². The Balaban J connectivity index is 0.00000529. The minimum atomic E-state index is 0. The van der Waals surface area contributed by atoms with Gasteiger partial charge in [-0.1, -0.05) is 33.1 Å². The largest absolute Gasteiger partial charge is 0.363 e. The maximum atomic E-state index is 4.34. The number of rotatable bonds is 9. The summed E-state index contributed by atoms with van der Waals surface area (Å²) < 4.78 is 0. The van der Waals surface area contributed by atoms with Crippen molar-refractivity contribution in [2.45, 2.75) is 46.1 Å². The van der Waals surface area contributed by atoms with Crippen LogP contribution in [-0.2, 0) is 6.54 Å². The summed E-state index contributed by atoms with van der Waals surface area (Å²) in [5, 5.41) is 6.83. The van der Waals surface area contributed by atoms with Crippen LogP contribution in [-0.4, -0.2) is 38.6 Å². The Morgan fingerprint density at radius 3 is 2.62 bits per heavy atom. The van der Waals surface area contributed by atoms with Crippen molar-refractivity contribution in [1.29, 1.82) is 0 Å². The third kappa shape index (κ3) is 8.70. The average molecular weight is 447 g/mol. The van der Waals surface area contributed by atoms with Gasteiger partial charge in [-0.15, -0.1) is 24.0 Å². The van der Waals surface area contributed by atoms with E-state index < -0.39 is 0 Å². The highest BCUT2D eigenvalue weighted by Crippen LogP contribution is 2.11. The van der Waals surface area contributed by atoms with Crippen molar-refractivity contribution in [3.63, 3.8) is 0 Å². The molecule has 0 aliphatic heterocycles. The Hall–Kier alpha value is -1.05. The van der Waals surface area contributed by atoms with Gasteiger partial charge in [0.2, 0.25) is 0 Å². The molecule has 138 valence electrons. The van der Waals surface area contributed by atoms with Crippen molar-refractivity contribution in [3.05, 3.63) is 23.9 Å². The minimum Gasteiger partial charge on any atom is -0.363 e. The molecule has 0 saturated heterocycles. The van der Waals surface area contributed by atoms with E-state index in [2.05, 4.69) is 40.5 Å².